The van der Waals surface area contributed by atoms with Crippen LogP contribution in [0, 0.1) is 5.92 Å². The quantitative estimate of drug-likeness (QED) is 0.131. The van der Waals surface area contributed by atoms with Crippen LogP contribution in [-0.2, 0) is 27.4 Å². The fourth-order valence-corrected chi connectivity index (χ4v) is 6.98. The minimum atomic E-state index is -0.679. The van der Waals surface area contributed by atoms with Crippen molar-refractivity contribution in [3.63, 3.8) is 0 Å². The third-order valence-electron chi connectivity index (χ3n) is 9.80. The number of nitrogens with two attached hydrogens (primary N) is 1. The van der Waals surface area contributed by atoms with Gasteiger partial charge in [-0.15, -0.1) is 0 Å². The van der Waals surface area contributed by atoms with Gasteiger partial charge in [0.05, 0.1) is 31.0 Å². The van der Waals surface area contributed by atoms with Crippen molar-refractivity contribution < 1.29 is 28.9 Å². The third-order valence-corrected chi connectivity index (χ3v) is 9.80. The number of carboxylic acid groups (broad SMARTS) is 1. The first kappa shape index (κ1) is 34.5. The Morgan fingerprint density at radius 3 is 2.49 bits per heavy atom. The zero-order valence-electron chi connectivity index (χ0n) is 28.0. The molecule has 1 aromatic heterocycles. The molecule has 2 aromatic carbocycles. The highest BCUT2D eigenvalue weighted by Crippen LogP contribution is 2.42. The van der Waals surface area contributed by atoms with Crippen LogP contribution in [-0.4, -0.2) is 71.7 Å². The van der Waals surface area contributed by atoms with Crippen molar-refractivity contribution in [2.45, 2.75) is 76.5 Å². The molecule has 0 amide bonds. The summed E-state index contributed by atoms with van der Waals surface area (Å²) in [7, 11) is 0. The molecular weight excluding hydrogens is 622 g/mol. The fraction of sp³-hybridized carbons (Fsp3) is 0.474. The Morgan fingerprint density at radius 1 is 1.00 bits per heavy atom. The molecule has 3 aromatic rings. The molecule has 1 saturated heterocycles. The fourth-order valence-electron chi connectivity index (χ4n) is 6.98. The van der Waals surface area contributed by atoms with E-state index in [4.69, 9.17) is 30.0 Å². The van der Waals surface area contributed by atoms with Crippen LogP contribution in [0.25, 0.3) is 0 Å². The van der Waals surface area contributed by atoms with Crippen LogP contribution >= 0.6 is 0 Å². The van der Waals surface area contributed by atoms with Crippen LogP contribution in [0.3, 0.4) is 0 Å². The molecule has 1 aliphatic carbocycles. The third kappa shape index (κ3) is 9.23. The largest absolute Gasteiger partial charge is 0.481 e. The monoisotopic (exact) mass is 669 g/mol. The van der Waals surface area contributed by atoms with Crippen LogP contribution in [0.2, 0.25) is 0 Å². The van der Waals surface area contributed by atoms with Crippen LogP contribution in [0.4, 0.5) is 5.69 Å². The summed E-state index contributed by atoms with van der Waals surface area (Å²) >= 11 is 0. The highest BCUT2D eigenvalue weighted by atomic mass is 16.5. The van der Waals surface area contributed by atoms with Gasteiger partial charge in [0.1, 0.15) is 5.75 Å². The first-order valence-corrected chi connectivity index (χ1v) is 17.5. The Morgan fingerprint density at radius 2 is 1.76 bits per heavy atom. The van der Waals surface area contributed by atoms with E-state index >= 15 is 0 Å². The maximum absolute atomic E-state index is 13.1. The topological polar surface area (TPSA) is 149 Å². The van der Waals surface area contributed by atoms with Gasteiger partial charge in [0.25, 0.3) is 0 Å². The number of carbonyl (C=O) groups excluding carboxylic acids is 1. The van der Waals surface area contributed by atoms with E-state index < -0.39 is 5.97 Å². The molecule has 1 saturated carbocycles. The summed E-state index contributed by atoms with van der Waals surface area (Å²) in [6.45, 7) is 4.35. The molecule has 0 radical (unpaired) electrons. The summed E-state index contributed by atoms with van der Waals surface area (Å²) in [6, 6.07) is 17.7. The number of aliphatic carboxylic acids is 1. The minimum Gasteiger partial charge on any atom is -0.481 e. The number of nitrogens with one attached hydrogen (secondary N) is 1. The highest BCUT2D eigenvalue weighted by Gasteiger charge is 2.30. The second kappa shape index (κ2) is 16.9. The molecule has 4 N–H and O–H groups in total. The summed E-state index contributed by atoms with van der Waals surface area (Å²) in [5.41, 5.74) is 11.0. The van der Waals surface area contributed by atoms with Gasteiger partial charge in [-0.2, -0.15) is 0 Å². The summed E-state index contributed by atoms with van der Waals surface area (Å²) in [4.78, 5) is 35.6. The van der Waals surface area contributed by atoms with Crippen LogP contribution < -0.4 is 15.8 Å². The predicted molar refractivity (Wildman–Crippen MR) is 186 cm³/mol. The molecule has 260 valence electrons. The van der Waals surface area contributed by atoms with Gasteiger partial charge < -0.3 is 35.3 Å². The van der Waals surface area contributed by atoms with Gasteiger partial charge in [-0.25, -0.2) is 9.98 Å². The number of fused-ring (bicyclic) bond motifs is 1. The Labute approximate surface area is 287 Å². The number of ether oxygens (including phenoxy) is 3. The molecule has 2 fully saturated rings. The maximum Gasteiger partial charge on any atom is 0.306 e. The van der Waals surface area contributed by atoms with E-state index in [-0.39, 0.29) is 17.6 Å². The Bertz CT molecular complexity index is 1580. The van der Waals surface area contributed by atoms with Gasteiger partial charge in [0, 0.05) is 62.0 Å². The van der Waals surface area contributed by atoms with Crippen LogP contribution in [0.1, 0.15) is 84.3 Å². The van der Waals surface area contributed by atoms with Crippen molar-refractivity contribution >= 4 is 23.4 Å². The van der Waals surface area contributed by atoms with E-state index in [1.807, 2.05) is 59.5 Å². The second-order valence-corrected chi connectivity index (χ2v) is 13.2. The lowest BCUT2D eigenvalue weighted by atomic mass is 9.86. The number of rotatable bonds is 15. The Kier molecular flexibility index (Phi) is 11.9. The molecule has 0 atom stereocenters. The first-order chi connectivity index (χ1) is 23.9. The number of guanidine groups is 1. The molecule has 2 aliphatic heterocycles. The van der Waals surface area contributed by atoms with Crippen molar-refractivity contribution in [1.82, 2.24) is 15.2 Å². The van der Waals surface area contributed by atoms with Crippen molar-refractivity contribution in [2.75, 3.05) is 32.9 Å². The smallest absolute Gasteiger partial charge is 0.306 e. The van der Waals surface area contributed by atoms with Crippen molar-refractivity contribution in [2.24, 2.45) is 16.6 Å². The van der Waals surface area contributed by atoms with Crippen LogP contribution in [0.15, 0.2) is 65.8 Å². The summed E-state index contributed by atoms with van der Waals surface area (Å²) < 4.78 is 17.8. The maximum atomic E-state index is 13.1. The van der Waals surface area contributed by atoms with Gasteiger partial charge >= 0.3 is 5.97 Å². The minimum absolute atomic E-state index is 0.0906. The number of carboxylic acids is 1. The molecule has 0 bridgehead atoms. The first-order valence-electron chi connectivity index (χ1n) is 17.5. The Hall–Kier alpha value is -4.32. The Balaban J connectivity index is 0.976. The van der Waals surface area contributed by atoms with Crippen molar-refractivity contribution in [3.8, 4) is 11.6 Å². The van der Waals surface area contributed by atoms with E-state index in [2.05, 4.69) is 10.3 Å². The molecule has 3 heterocycles. The van der Waals surface area contributed by atoms with Gasteiger partial charge in [0.2, 0.25) is 5.88 Å². The normalized spacial score (nSPS) is 19.6. The molecule has 6 rings (SSSR count). The van der Waals surface area contributed by atoms with E-state index in [0.29, 0.717) is 75.8 Å². The van der Waals surface area contributed by atoms with E-state index in [1.165, 1.54) is 0 Å². The van der Waals surface area contributed by atoms with Gasteiger partial charge in [0.15, 0.2) is 11.7 Å². The number of hydrogen-bond acceptors (Lipinski definition) is 10. The van der Waals surface area contributed by atoms with E-state index in [9.17, 15) is 9.59 Å². The number of Topliss-reactive ketones (excluding diaryl/α,β-unsaturated/α-hetero) is 1. The van der Waals surface area contributed by atoms with Gasteiger partial charge in [-0.05, 0) is 68.6 Å². The lowest BCUT2D eigenvalue weighted by Gasteiger charge is -2.32. The number of benzene rings is 2. The van der Waals surface area contributed by atoms with Gasteiger partial charge in [-0.1, -0.05) is 42.5 Å². The molecule has 49 heavy (non-hydrogen) atoms. The van der Waals surface area contributed by atoms with Crippen LogP contribution in [0.5, 0.6) is 11.6 Å². The summed E-state index contributed by atoms with van der Waals surface area (Å²) in [5, 5.41) is 12.6. The number of aromatic nitrogens is 1. The standard InChI is InChI=1S/C38H47N5O6/c39-38-42-33-23-41-36(49-31-5-2-1-3-6-31)35(28-16-20-47-21-17-28)32(33)24-43(38)19-4-7-34(44)27-10-8-26(9-11-27)25-48-22-18-40-30-14-12-29(13-15-30)37(45)46/h1-3,5-6,8-11,23,28-30,40H,4,7,12-22,24-25H2,(H2,39,42)(H,45,46). The van der Waals surface area contributed by atoms with Gasteiger partial charge in [-0.3, -0.25) is 9.59 Å². The average Bonchev–Trinajstić information content (AvgIpc) is 3.13. The molecule has 3 aliphatic rings. The molecule has 11 nitrogen and oxygen atoms in total. The summed E-state index contributed by atoms with van der Waals surface area (Å²) in [6.07, 6.45) is 7.80. The molecule has 0 spiro atoms. The number of pyridine rings is 1. The molecule has 0 unspecified atom stereocenters. The molecule has 11 heteroatoms. The number of ketones is 1. The highest BCUT2D eigenvalue weighted by molar-refractivity contribution is 5.96. The number of para-hydroxylation sites is 1. The van der Waals surface area contributed by atoms with Crippen molar-refractivity contribution in [1.29, 1.82) is 0 Å². The average molecular weight is 670 g/mol. The summed E-state index contributed by atoms with van der Waals surface area (Å²) in [5.74, 6) is 1.23. The zero-order valence-corrected chi connectivity index (χ0v) is 28.0. The van der Waals surface area contributed by atoms with E-state index in [1.54, 1.807) is 6.20 Å². The van der Waals surface area contributed by atoms with Crippen molar-refractivity contribution in [3.05, 3.63) is 83.0 Å². The lowest BCUT2D eigenvalue weighted by molar-refractivity contribution is -0.142. The zero-order chi connectivity index (χ0) is 34.0. The number of carbonyl (C=O) groups is 2. The number of nitrogens with zero attached hydrogens (tertiary/aromatic N) is 3. The second-order valence-electron chi connectivity index (χ2n) is 13.2. The SMILES string of the molecule is NC1=Nc2cnc(Oc3ccccc3)c(C3CCOCC3)c2CN1CCCC(=O)c1ccc(COCCNC2CCC(C(=O)O)CC2)cc1. The number of aliphatic imine (C=N–C) groups is 1. The lowest BCUT2D eigenvalue weighted by Crippen LogP contribution is -2.40. The molecular formula is C38H47N5O6. The predicted octanol–water partition coefficient (Wildman–Crippen LogP) is 5.94. The number of hydrogen-bond donors (Lipinski definition) is 3. The van der Waals surface area contributed by atoms with E-state index in [0.717, 1.165) is 73.2 Å².